The Hall–Kier alpha value is -2.05. The van der Waals surface area contributed by atoms with Gasteiger partial charge in [0, 0.05) is 43.9 Å². The Labute approximate surface area is 153 Å². The molecule has 2 aliphatic rings. The summed E-state index contributed by atoms with van der Waals surface area (Å²) in [6, 6.07) is 7.11. The van der Waals surface area contributed by atoms with Crippen LogP contribution in [0.1, 0.15) is 40.2 Å². The van der Waals surface area contributed by atoms with Crippen LogP contribution in [0.4, 0.5) is 0 Å². The van der Waals surface area contributed by atoms with E-state index in [1.807, 2.05) is 17.0 Å². The molecule has 25 heavy (non-hydrogen) atoms. The topological polar surface area (TPSA) is 81.2 Å². The van der Waals surface area contributed by atoms with Gasteiger partial charge in [0.2, 0.25) is 0 Å². The summed E-state index contributed by atoms with van der Waals surface area (Å²) in [4.78, 5) is 15.0. The van der Waals surface area contributed by atoms with E-state index in [1.165, 1.54) is 12.8 Å². The number of carbonyl (C=O) groups excluding carboxylic acids is 1. The highest BCUT2D eigenvalue weighted by Crippen LogP contribution is 2.31. The number of halogens is 1. The molecule has 0 bridgehead atoms. The fourth-order valence-corrected chi connectivity index (χ4v) is 3.26. The molecule has 1 aliphatic heterocycles. The van der Waals surface area contributed by atoms with Crippen LogP contribution in [0.15, 0.2) is 24.3 Å². The van der Waals surface area contributed by atoms with Crippen LogP contribution in [0.5, 0.6) is 5.75 Å². The van der Waals surface area contributed by atoms with Crippen LogP contribution in [0.3, 0.4) is 0 Å². The van der Waals surface area contributed by atoms with E-state index in [9.17, 15) is 9.90 Å². The molecule has 4 rings (SSSR count). The molecule has 6 nitrogen and oxygen atoms in total. The predicted molar refractivity (Wildman–Crippen MR) is 96.8 cm³/mol. The largest absolute Gasteiger partial charge is 0.508 e. The van der Waals surface area contributed by atoms with Crippen molar-refractivity contribution in [2.45, 2.75) is 32.4 Å². The molecule has 134 valence electrons. The number of hydrogen-bond donors (Lipinski definition) is 3. The maximum Gasteiger partial charge on any atom is 0.275 e. The van der Waals surface area contributed by atoms with E-state index in [1.54, 1.807) is 12.1 Å². The van der Waals surface area contributed by atoms with Gasteiger partial charge in [-0.2, -0.15) is 5.10 Å². The fraction of sp³-hybridized carbons (Fsp3) is 0.444. The van der Waals surface area contributed by atoms with Crippen LogP contribution in [0.2, 0.25) is 0 Å². The molecule has 1 fully saturated rings. The van der Waals surface area contributed by atoms with Crippen molar-refractivity contribution < 1.29 is 9.90 Å². The molecule has 0 unspecified atom stereocenters. The Kier molecular flexibility index (Phi) is 5.30. The number of aromatic hydroxyl groups is 1. The van der Waals surface area contributed by atoms with Gasteiger partial charge in [-0.3, -0.25) is 9.89 Å². The number of amides is 1. The number of rotatable bonds is 5. The van der Waals surface area contributed by atoms with E-state index >= 15 is 0 Å². The number of H-pyrrole nitrogens is 1. The molecule has 7 heteroatoms. The normalized spacial score (nSPS) is 16.0. The first-order valence-electron chi connectivity index (χ1n) is 8.54. The summed E-state index contributed by atoms with van der Waals surface area (Å²) in [6.07, 6.45) is 3.25. The number of phenolic OH excluding ortho intramolecular Hbond substituents is 1. The Morgan fingerprint density at radius 1 is 1.36 bits per heavy atom. The Morgan fingerprint density at radius 3 is 2.96 bits per heavy atom. The zero-order valence-electron chi connectivity index (χ0n) is 14.0. The van der Waals surface area contributed by atoms with Gasteiger partial charge < -0.3 is 15.3 Å². The number of nitrogens with zero attached hydrogens (tertiary/aromatic N) is 2. The third-order valence-electron chi connectivity index (χ3n) is 4.76. The molecule has 0 spiro atoms. The summed E-state index contributed by atoms with van der Waals surface area (Å²) in [5, 5.41) is 20.3. The van der Waals surface area contributed by atoms with E-state index < -0.39 is 0 Å². The lowest BCUT2D eigenvalue weighted by Gasteiger charge is -2.23. The molecule has 0 saturated heterocycles. The fourth-order valence-electron chi connectivity index (χ4n) is 3.26. The standard InChI is InChI=1S/C18H22N4O2.ClH/c23-14-3-1-2-13(8-14)11-22(10-12-4-5-12)18(24)17-15-9-19-7-6-16(15)20-21-17;/h1-3,8,12,19,23H,4-7,9-11H2,(H,20,21);1H. The number of benzene rings is 1. The quantitative estimate of drug-likeness (QED) is 0.762. The molecule has 0 atom stereocenters. The van der Waals surface area contributed by atoms with Gasteiger partial charge in [0.1, 0.15) is 5.75 Å². The second kappa shape index (κ2) is 7.45. The summed E-state index contributed by atoms with van der Waals surface area (Å²) in [5.41, 5.74) is 3.55. The lowest BCUT2D eigenvalue weighted by Crippen LogP contribution is -2.34. The third-order valence-corrected chi connectivity index (χ3v) is 4.76. The van der Waals surface area contributed by atoms with E-state index in [4.69, 9.17) is 0 Å². The van der Waals surface area contributed by atoms with Gasteiger partial charge in [0.05, 0.1) is 0 Å². The zero-order chi connectivity index (χ0) is 16.5. The molecule has 1 aliphatic carbocycles. The van der Waals surface area contributed by atoms with E-state index in [0.29, 0.717) is 24.7 Å². The van der Waals surface area contributed by atoms with Crippen LogP contribution < -0.4 is 5.32 Å². The minimum atomic E-state index is -0.0218. The Balaban J connectivity index is 0.00000182. The molecule has 1 saturated carbocycles. The van der Waals surface area contributed by atoms with Crippen molar-refractivity contribution in [3.63, 3.8) is 0 Å². The number of aromatic amines is 1. The highest BCUT2D eigenvalue weighted by atomic mass is 35.5. The maximum absolute atomic E-state index is 13.1. The summed E-state index contributed by atoms with van der Waals surface area (Å²) >= 11 is 0. The van der Waals surface area contributed by atoms with Crippen LogP contribution in [-0.2, 0) is 19.5 Å². The summed E-state index contributed by atoms with van der Waals surface area (Å²) in [6.45, 7) is 2.86. The van der Waals surface area contributed by atoms with Crippen molar-refractivity contribution in [1.29, 1.82) is 0 Å². The van der Waals surface area contributed by atoms with Gasteiger partial charge in [-0.15, -0.1) is 12.4 Å². The van der Waals surface area contributed by atoms with E-state index in [2.05, 4.69) is 15.5 Å². The first kappa shape index (κ1) is 17.8. The lowest BCUT2D eigenvalue weighted by atomic mass is 10.1. The van der Waals surface area contributed by atoms with Gasteiger partial charge >= 0.3 is 0 Å². The van der Waals surface area contributed by atoms with Gasteiger partial charge in [-0.25, -0.2) is 0 Å². The first-order valence-corrected chi connectivity index (χ1v) is 8.54. The van der Waals surface area contributed by atoms with Crippen molar-refractivity contribution >= 4 is 18.3 Å². The van der Waals surface area contributed by atoms with E-state index in [-0.39, 0.29) is 24.1 Å². The van der Waals surface area contributed by atoms with Crippen molar-refractivity contribution in [1.82, 2.24) is 20.4 Å². The number of carbonyl (C=O) groups is 1. The highest BCUT2D eigenvalue weighted by Gasteiger charge is 2.30. The summed E-state index contributed by atoms with van der Waals surface area (Å²) in [5.74, 6) is 0.804. The average molecular weight is 363 g/mol. The molecule has 2 heterocycles. The van der Waals surface area contributed by atoms with Crippen LogP contribution in [0, 0.1) is 5.92 Å². The lowest BCUT2D eigenvalue weighted by molar-refractivity contribution is 0.0727. The van der Waals surface area contributed by atoms with Crippen LogP contribution >= 0.6 is 12.4 Å². The maximum atomic E-state index is 13.1. The van der Waals surface area contributed by atoms with Crippen molar-refractivity contribution in [2.75, 3.05) is 13.1 Å². The number of fused-ring (bicyclic) bond motifs is 1. The second-order valence-electron chi connectivity index (χ2n) is 6.76. The molecule has 3 N–H and O–H groups in total. The Bertz CT molecular complexity index is 757. The second-order valence-corrected chi connectivity index (χ2v) is 6.76. The number of hydrogen-bond acceptors (Lipinski definition) is 4. The first-order chi connectivity index (χ1) is 11.7. The minimum absolute atomic E-state index is 0. The molecule has 2 aromatic rings. The molecule has 1 aromatic heterocycles. The predicted octanol–water partition coefficient (Wildman–Crippen LogP) is 2.24. The molecular weight excluding hydrogens is 340 g/mol. The third kappa shape index (κ3) is 3.96. The molecule has 1 aromatic carbocycles. The van der Waals surface area contributed by atoms with Gasteiger partial charge in [0.25, 0.3) is 5.91 Å². The zero-order valence-corrected chi connectivity index (χ0v) is 14.8. The number of phenols is 1. The van der Waals surface area contributed by atoms with E-state index in [0.717, 1.165) is 36.3 Å². The summed E-state index contributed by atoms with van der Waals surface area (Å²) < 4.78 is 0. The minimum Gasteiger partial charge on any atom is -0.508 e. The Morgan fingerprint density at radius 2 is 2.20 bits per heavy atom. The monoisotopic (exact) mass is 362 g/mol. The van der Waals surface area contributed by atoms with Crippen molar-refractivity contribution in [2.24, 2.45) is 5.92 Å². The smallest absolute Gasteiger partial charge is 0.275 e. The van der Waals surface area contributed by atoms with Gasteiger partial charge in [-0.1, -0.05) is 12.1 Å². The van der Waals surface area contributed by atoms with Crippen molar-refractivity contribution in [3.05, 3.63) is 46.8 Å². The van der Waals surface area contributed by atoms with Crippen molar-refractivity contribution in [3.8, 4) is 5.75 Å². The SMILES string of the molecule is Cl.O=C(c1n[nH]c2c1CNCC2)N(Cc1cccc(O)c1)CC1CC1. The van der Waals surface area contributed by atoms with Gasteiger partial charge in [0.15, 0.2) is 5.69 Å². The number of aromatic nitrogens is 2. The van der Waals surface area contributed by atoms with Gasteiger partial charge in [-0.05, 0) is 36.5 Å². The van der Waals surface area contributed by atoms with Crippen LogP contribution in [-0.4, -0.2) is 39.2 Å². The number of nitrogens with one attached hydrogen (secondary N) is 2. The average Bonchev–Trinajstić information content (AvgIpc) is 3.30. The summed E-state index contributed by atoms with van der Waals surface area (Å²) in [7, 11) is 0. The van der Waals surface area contributed by atoms with Crippen LogP contribution in [0.25, 0.3) is 0 Å². The molecule has 0 radical (unpaired) electrons. The highest BCUT2D eigenvalue weighted by molar-refractivity contribution is 5.94. The molecule has 1 amide bonds. The molecular formula is C18H23ClN4O2.